The maximum Gasteiger partial charge on any atom is 0.358 e. The van der Waals surface area contributed by atoms with Crippen LogP contribution in [0.4, 0.5) is 0 Å². The Balaban J connectivity index is 2.08. The van der Waals surface area contributed by atoms with Gasteiger partial charge in [0.1, 0.15) is 0 Å². The zero-order valence-electron chi connectivity index (χ0n) is 14.2. The molecule has 0 saturated carbocycles. The highest BCUT2D eigenvalue weighted by Gasteiger charge is 2.17. The van der Waals surface area contributed by atoms with E-state index in [1.165, 1.54) is 24.7 Å². The minimum atomic E-state index is -0.460. The van der Waals surface area contributed by atoms with E-state index in [4.69, 9.17) is 8.92 Å². The number of rotatable bonds is 5. The molecule has 0 amide bonds. The number of esters is 1. The molecule has 0 fully saturated rings. The Labute approximate surface area is 150 Å². The fourth-order valence-electron chi connectivity index (χ4n) is 2.45. The number of hydrogen-bond acceptors (Lipinski definition) is 5. The lowest BCUT2D eigenvalue weighted by Crippen LogP contribution is -2.04. The average Bonchev–Trinajstić information content (AvgIpc) is 3.08. The third-order valence-corrected chi connectivity index (χ3v) is 4.34. The normalized spacial score (nSPS) is 10.7. The van der Waals surface area contributed by atoms with E-state index in [1.54, 1.807) is 17.9 Å². The van der Waals surface area contributed by atoms with E-state index in [2.05, 4.69) is 5.10 Å². The first-order chi connectivity index (χ1) is 12.1. The smallest absolute Gasteiger partial charge is 0.358 e. The monoisotopic (exact) mass is 354 g/mol. The maximum atomic E-state index is 11.9. The largest absolute Gasteiger partial charge is 0.464 e. The molecule has 0 aliphatic heterocycles. The molecule has 3 rings (SSSR count). The van der Waals surface area contributed by atoms with Gasteiger partial charge < -0.3 is 8.92 Å². The Morgan fingerprint density at radius 1 is 1.04 bits per heavy atom. The maximum absolute atomic E-state index is 11.9. The minimum Gasteiger partial charge on any atom is -0.464 e. The molecule has 3 aromatic rings. The third-order valence-electron chi connectivity index (χ3n) is 3.71. The van der Waals surface area contributed by atoms with E-state index >= 15 is 0 Å². The van der Waals surface area contributed by atoms with Crippen LogP contribution in [0.5, 0.6) is 0 Å². The summed E-state index contributed by atoms with van der Waals surface area (Å²) in [5.41, 5.74) is 4.10. The Kier molecular flexibility index (Phi) is 5.21. The van der Waals surface area contributed by atoms with Gasteiger partial charge in [-0.05, 0) is 37.3 Å². The van der Waals surface area contributed by atoms with Crippen molar-refractivity contribution in [2.24, 2.45) is 0 Å². The number of aryl methyl sites for hydroxylation is 1. The van der Waals surface area contributed by atoms with Crippen molar-refractivity contribution in [3.63, 3.8) is 0 Å². The third kappa shape index (κ3) is 3.75. The summed E-state index contributed by atoms with van der Waals surface area (Å²) in [7, 11) is 2.98. The van der Waals surface area contributed by atoms with Gasteiger partial charge in [0, 0.05) is 22.5 Å². The Hall–Kier alpha value is -2.57. The molecule has 0 aliphatic rings. The predicted octanol–water partition coefficient (Wildman–Crippen LogP) is 4.29. The van der Waals surface area contributed by atoms with E-state index in [0.29, 0.717) is 0 Å². The standard InChI is InChI=1S/C19H18N2O3S/c1-13-4-6-14(7-5-13)18-12-17(19(22)23-2)20-21(18)15-8-10-16(11-9-15)25-24-3/h4-12H,1-3H3. The van der Waals surface area contributed by atoms with Gasteiger partial charge in [-0.15, -0.1) is 0 Å². The predicted molar refractivity (Wildman–Crippen MR) is 97.9 cm³/mol. The van der Waals surface area contributed by atoms with E-state index in [-0.39, 0.29) is 5.69 Å². The summed E-state index contributed by atoms with van der Waals surface area (Å²) in [6, 6.07) is 17.6. The Bertz CT molecular complexity index is 871. The Morgan fingerprint density at radius 3 is 2.32 bits per heavy atom. The molecule has 0 radical (unpaired) electrons. The van der Waals surface area contributed by atoms with Crippen LogP contribution in [0.25, 0.3) is 16.9 Å². The number of nitrogens with zero attached hydrogens (tertiary/aromatic N) is 2. The van der Waals surface area contributed by atoms with Crippen LogP contribution in [-0.2, 0) is 8.92 Å². The van der Waals surface area contributed by atoms with Gasteiger partial charge in [-0.25, -0.2) is 9.48 Å². The molecule has 5 nitrogen and oxygen atoms in total. The van der Waals surface area contributed by atoms with Crippen molar-refractivity contribution < 1.29 is 13.7 Å². The molecule has 6 heteroatoms. The first-order valence-corrected chi connectivity index (χ1v) is 8.43. The van der Waals surface area contributed by atoms with Gasteiger partial charge in [0.25, 0.3) is 0 Å². The number of carbonyl (C=O) groups excluding carboxylic acids is 1. The minimum absolute atomic E-state index is 0.272. The molecule has 25 heavy (non-hydrogen) atoms. The highest BCUT2D eigenvalue weighted by atomic mass is 32.2. The van der Waals surface area contributed by atoms with Crippen LogP contribution in [0.15, 0.2) is 59.5 Å². The van der Waals surface area contributed by atoms with Crippen molar-refractivity contribution in [2.75, 3.05) is 14.2 Å². The second-order valence-electron chi connectivity index (χ2n) is 5.43. The van der Waals surface area contributed by atoms with Crippen LogP contribution in [0, 0.1) is 6.92 Å². The van der Waals surface area contributed by atoms with Crippen molar-refractivity contribution in [1.29, 1.82) is 0 Å². The van der Waals surface area contributed by atoms with Gasteiger partial charge in [0.2, 0.25) is 0 Å². The first kappa shape index (κ1) is 17.3. The van der Waals surface area contributed by atoms with Crippen LogP contribution in [0.1, 0.15) is 16.1 Å². The highest BCUT2D eigenvalue weighted by molar-refractivity contribution is 7.94. The van der Waals surface area contributed by atoms with Gasteiger partial charge in [0.15, 0.2) is 5.69 Å². The summed E-state index contributed by atoms with van der Waals surface area (Å²) >= 11 is 1.29. The van der Waals surface area contributed by atoms with Crippen LogP contribution >= 0.6 is 12.0 Å². The lowest BCUT2D eigenvalue weighted by atomic mass is 10.1. The number of aromatic nitrogens is 2. The van der Waals surface area contributed by atoms with E-state index in [0.717, 1.165) is 21.8 Å². The lowest BCUT2D eigenvalue weighted by molar-refractivity contribution is 0.0593. The van der Waals surface area contributed by atoms with Crippen molar-refractivity contribution in [2.45, 2.75) is 11.8 Å². The summed E-state index contributed by atoms with van der Waals surface area (Å²) < 4.78 is 11.6. The van der Waals surface area contributed by atoms with Gasteiger partial charge in [-0.3, -0.25) is 0 Å². The van der Waals surface area contributed by atoms with Crippen LogP contribution in [-0.4, -0.2) is 30.0 Å². The Morgan fingerprint density at radius 2 is 1.72 bits per heavy atom. The number of methoxy groups -OCH3 is 1. The zero-order valence-corrected chi connectivity index (χ0v) is 15.0. The van der Waals surface area contributed by atoms with E-state index < -0.39 is 5.97 Å². The molecule has 0 unspecified atom stereocenters. The number of ether oxygens (including phenoxy) is 1. The van der Waals surface area contributed by atoms with E-state index in [9.17, 15) is 4.79 Å². The molecule has 2 aromatic carbocycles. The molecule has 0 spiro atoms. The molecule has 0 N–H and O–H groups in total. The molecule has 1 heterocycles. The van der Waals surface area contributed by atoms with Gasteiger partial charge >= 0.3 is 5.97 Å². The fourth-order valence-corrected chi connectivity index (χ4v) is 2.89. The number of hydrogen-bond donors (Lipinski definition) is 0. The highest BCUT2D eigenvalue weighted by Crippen LogP contribution is 2.26. The topological polar surface area (TPSA) is 53.4 Å². The summed E-state index contributed by atoms with van der Waals surface area (Å²) in [5.74, 6) is -0.460. The van der Waals surface area contributed by atoms with E-state index in [1.807, 2.05) is 55.5 Å². The molecule has 128 valence electrons. The molecular weight excluding hydrogens is 336 g/mol. The van der Waals surface area contributed by atoms with Crippen molar-refractivity contribution >= 4 is 18.0 Å². The van der Waals surface area contributed by atoms with Crippen molar-refractivity contribution in [3.05, 3.63) is 65.9 Å². The first-order valence-electron chi connectivity index (χ1n) is 7.69. The lowest BCUT2D eigenvalue weighted by Gasteiger charge is -2.08. The second-order valence-corrected chi connectivity index (χ2v) is 6.40. The number of benzene rings is 2. The molecule has 0 aliphatic carbocycles. The summed E-state index contributed by atoms with van der Waals surface area (Å²) in [6.45, 7) is 2.03. The molecular formula is C19H18N2O3S. The van der Waals surface area contributed by atoms with Crippen LogP contribution in [0.2, 0.25) is 0 Å². The molecule has 0 saturated heterocycles. The SMILES string of the molecule is COSc1ccc(-n2nc(C(=O)OC)cc2-c2ccc(C)cc2)cc1. The summed E-state index contributed by atoms with van der Waals surface area (Å²) in [5, 5.41) is 4.43. The molecule has 0 bridgehead atoms. The van der Waals surface area contributed by atoms with Gasteiger partial charge in [-0.2, -0.15) is 5.10 Å². The second kappa shape index (κ2) is 7.55. The molecule has 1 aromatic heterocycles. The van der Waals surface area contributed by atoms with Gasteiger partial charge in [0.05, 0.1) is 25.6 Å². The van der Waals surface area contributed by atoms with Crippen molar-refractivity contribution in [1.82, 2.24) is 9.78 Å². The van der Waals surface area contributed by atoms with Crippen molar-refractivity contribution in [3.8, 4) is 16.9 Å². The average molecular weight is 354 g/mol. The van der Waals surface area contributed by atoms with Gasteiger partial charge in [-0.1, -0.05) is 29.8 Å². The number of carbonyl (C=O) groups is 1. The fraction of sp³-hybridized carbons (Fsp3) is 0.158. The summed E-state index contributed by atoms with van der Waals surface area (Å²) in [6.07, 6.45) is 0. The quantitative estimate of drug-likeness (QED) is 0.505. The van der Waals surface area contributed by atoms with Crippen LogP contribution in [0.3, 0.4) is 0 Å². The molecule has 0 atom stereocenters. The zero-order chi connectivity index (χ0) is 17.8. The van der Waals surface area contributed by atoms with Crippen LogP contribution < -0.4 is 0 Å². The summed E-state index contributed by atoms with van der Waals surface area (Å²) in [4.78, 5) is 12.9.